The molecule has 134 valence electrons. The van der Waals surface area contributed by atoms with Gasteiger partial charge in [-0.25, -0.2) is 4.79 Å². The second-order valence-corrected chi connectivity index (χ2v) is 7.77. The van der Waals surface area contributed by atoms with Crippen LogP contribution >= 0.6 is 0 Å². The molecule has 0 bridgehead atoms. The largest absolute Gasteiger partial charge is 0.508 e. The van der Waals surface area contributed by atoms with E-state index in [9.17, 15) is 4.79 Å². The van der Waals surface area contributed by atoms with Crippen molar-refractivity contribution in [1.82, 2.24) is 5.06 Å². The second-order valence-electron chi connectivity index (χ2n) is 7.77. The van der Waals surface area contributed by atoms with Crippen LogP contribution < -0.4 is 0 Å². The number of carbonyl (C=O) groups excluding carboxylic acids is 1. The fourth-order valence-corrected chi connectivity index (χ4v) is 3.75. The number of aryl methyl sites for hydroxylation is 1. The number of hydroxylamine groups is 2. The first-order valence-electron chi connectivity index (χ1n) is 8.37. The van der Waals surface area contributed by atoms with Crippen LogP contribution in [-0.4, -0.2) is 35.5 Å². The smallest absolute Gasteiger partial charge is 0.431 e. The number of hydrogen-bond donors (Lipinski definition) is 0. The van der Waals surface area contributed by atoms with Crippen molar-refractivity contribution in [2.24, 2.45) is 0 Å². The lowest BCUT2D eigenvalue weighted by atomic mass is 9.80. The molecule has 0 atom stereocenters. The van der Waals surface area contributed by atoms with Crippen LogP contribution in [0.5, 0.6) is 0 Å². The summed E-state index contributed by atoms with van der Waals surface area (Å²) in [5.74, 6) is 0. The van der Waals surface area contributed by atoms with E-state index in [1.54, 1.807) is 7.11 Å². The highest BCUT2D eigenvalue weighted by Crippen LogP contribution is 2.39. The van der Waals surface area contributed by atoms with Crippen molar-refractivity contribution in [1.29, 1.82) is 0 Å². The predicted molar refractivity (Wildman–Crippen MR) is 92.5 cm³/mol. The van der Waals surface area contributed by atoms with Gasteiger partial charge in [0.15, 0.2) is 0 Å². The zero-order chi connectivity index (χ0) is 18.0. The Labute approximate surface area is 144 Å². The Bertz CT molecular complexity index is 547. The van der Waals surface area contributed by atoms with Crippen LogP contribution in [0.3, 0.4) is 0 Å². The first kappa shape index (κ1) is 18.7. The summed E-state index contributed by atoms with van der Waals surface area (Å²) in [6.45, 7) is 10.6. The van der Waals surface area contributed by atoms with E-state index < -0.39 is 6.16 Å². The molecule has 0 aliphatic carbocycles. The summed E-state index contributed by atoms with van der Waals surface area (Å²) in [7, 11) is 1.68. The summed E-state index contributed by atoms with van der Waals surface area (Å²) in [5, 5.41) is 1.98. The standard InChI is InChI=1S/C19H29NO4/c1-14-7-9-15(10-8-14)13-23-17(21)24-16-11-18(2,3)20(22-6)19(4,5)12-16/h7-10,16H,11-13H2,1-6H3. The van der Waals surface area contributed by atoms with Gasteiger partial charge < -0.3 is 14.3 Å². The van der Waals surface area contributed by atoms with E-state index in [1.807, 2.05) is 36.3 Å². The molecule has 2 rings (SSSR count). The van der Waals surface area contributed by atoms with Gasteiger partial charge in [0, 0.05) is 23.9 Å². The van der Waals surface area contributed by atoms with Gasteiger partial charge in [0.1, 0.15) is 12.7 Å². The van der Waals surface area contributed by atoms with Crippen molar-refractivity contribution >= 4 is 6.16 Å². The molecule has 24 heavy (non-hydrogen) atoms. The van der Waals surface area contributed by atoms with Crippen LogP contribution in [0.1, 0.15) is 51.7 Å². The van der Waals surface area contributed by atoms with E-state index >= 15 is 0 Å². The zero-order valence-electron chi connectivity index (χ0n) is 15.6. The van der Waals surface area contributed by atoms with Gasteiger partial charge in [0.25, 0.3) is 0 Å². The molecule has 1 fully saturated rings. The van der Waals surface area contributed by atoms with Gasteiger partial charge in [-0.05, 0) is 40.2 Å². The molecule has 0 spiro atoms. The second kappa shape index (κ2) is 7.11. The Kier molecular flexibility index (Phi) is 5.56. The Morgan fingerprint density at radius 1 is 1.12 bits per heavy atom. The average Bonchev–Trinajstić information content (AvgIpc) is 2.44. The fraction of sp³-hybridized carbons (Fsp3) is 0.632. The SMILES string of the molecule is CON1C(C)(C)CC(OC(=O)OCc2ccc(C)cc2)CC1(C)C. The highest BCUT2D eigenvalue weighted by molar-refractivity contribution is 5.60. The monoisotopic (exact) mass is 335 g/mol. The van der Waals surface area contributed by atoms with Gasteiger partial charge >= 0.3 is 6.16 Å². The number of carbonyl (C=O) groups is 1. The summed E-state index contributed by atoms with van der Waals surface area (Å²) >= 11 is 0. The molecule has 0 aromatic heterocycles. The van der Waals surface area contributed by atoms with Crippen molar-refractivity contribution in [2.75, 3.05) is 7.11 Å². The third-order valence-corrected chi connectivity index (χ3v) is 4.48. The van der Waals surface area contributed by atoms with Crippen LogP contribution in [0.2, 0.25) is 0 Å². The quantitative estimate of drug-likeness (QED) is 0.771. The van der Waals surface area contributed by atoms with Crippen molar-refractivity contribution in [3.05, 3.63) is 35.4 Å². The lowest BCUT2D eigenvalue weighted by Crippen LogP contribution is -2.61. The summed E-state index contributed by atoms with van der Waals surface area (Å²) in [6.07, 6.45) is 0.596. The Morgan fingerprint density at radius 3 is 2.17 bits per heavy atom. The number of benzene rings is 1. The van der Waals surface area contributed by atoms with Crippen LogP contribution in [0, 0.1) is 6.92 Å². The summed E-state index contributed by atoms with van der Waals surface area (Å²) in [4.78, 5) is 17.6. The molecular formula is C19H29NO4. The normalized spacial score (nSPS) is 20.6. The highest BCUT2D eigenvalue weighted by atomic mass is 16.7. The molecule has 1 aliphatic rings. The third-order valence-electron chi connectivity index (χ3n) is 4.48. The van der Waals surface area contributed by atoms with Crippen LogP contribution in [0.4, 0.5) is 4.79 Å². The highest BCUT2D eigenvalue weighted by Gasteiger charge is 2.47. The minimum absolute atomic E-state index is 0.188. The summed E-state index contributed by atoms with van der Waals surface area (Å²) < 4.78 is 10.8. The Hall–Kier alpha value is -1.59. The van der Waals surface area contributed by atoms with Crippen LogP contribution in [0.15, 0.2) is 24.3 Å². The molecule has 1 aliphatic heterocycles. The van der Waals surface area contributed by atoms with E-state index in [0.29, 0.717) is 12.8 Å². The van der Waals surface area contributed by atoms with Crippen molar-refractivity contribution in [2.45, 2.75) is 71.2 Å². The number of hydrogen-bond acceptors (Lipinski definition) is 5. The summed E-state index contributed by atoms with van der Waals surface area (Å²) in [6, 6.07) is 7.89. The molecule has 1 aromatic rings. The van der Waals surface area contributed by atoms with E-state index in [-0.39, 0.29) is 23.8 Å². The van der Waals surface area contributed by atoms with Crippen molar-refractivity contribution < 1.29 is 19.1 Å². The Morgan fingerprint density at radius 2 is 1.67 bits per heavy atom. The molecule has 0 radical (unpaired) electrons. The molecular weight excluding hydrogens is 306 g/mol. The molecule has 5 nitrogen and oxygen atoms in total. The first-order valence-corrected chi connectivity index (χ1v) is 8.37. The van der Waals surface area contributed by atoms with Crippen LogP contribution in [0.25, 0.3) is 0 Å². The molecule has 0 saturated carbocycles. The van der Waals surface area contributed by atoms with E-state index in [1.165, 1.54) is 5.56 Å². The van der Waals surface area contributed by atoms with Gasteiger partial charge in [-0.1, -0.05) is 29.8 Å². The Balaban J connectivity index is 1.91. The molecule has 0 amide bonds. The van der Waals surface area contributed by atoms with E-state index in [4.69, 9.17) is 14.3 Å². The van der Waals surface area contributed by atoms with Gasteiger partial charge in [0.05, 0.1) is 7.11 Å². The fourth-order valence-electron chi connectivity index (χ4n) is 3.75. The van der Waals surface area contributed by atoms with Gasteiger partial charge in [-0.2, -0.15) is 5.06 Å². The van der Waals surface area contributed by atoms with Crippen molar-refractivity contribution in [3.63, 3.8) is 0 Å². The topological polar surface area (TPSA) is 48.0 Å². The number of nitrogens with zero attached hydrogens (tertiary/aromatic N) is 1. The maximum absolute atomic E-state index is 12.0. The van der Waals surface area contributed by atoms with E-state index in [0.717, 1.165) is 5.56 Å². The minimum Gasteiger partial charge on any atom is -0.431 e. The number of piperidine rings is 1. The maximum atomic E-state index is 12.0. The molecule has 5 heteroatoms. The first-order chi connectivity index (χ1) is 11.1. The predicted octanol–water partition coefficient (Wildman–Crippen LogP) is 4.23. The number of ether oxygens (including phenoxy) is 2. The minimum atomic E-state index is -0.613. The van der Waals surface area contributed by atoms with E-state index in [2.05, 4.69) is 27.7 Å². The average molecular weight is 335 g/mol. The van der Waals surface area contributed by atoms with Crippen molar-refractivity contribution in [3.8, 4) is 0 Å². The number of rotatable bonds is 4. The summed E-state index contributed by atoms with van der Waals surface area (Å²) in [5.41, 5.74) is 1.68. The lowest BCUT2D eigenvalue weighted by molar-refractivity contribution is -0.277. The zero-order valence-corrected chi connectivity index (χ0v) is 15.6. The molecule has 0 N–H and O–H groups in total. The molecule has 1 heterocycles. The third kappa shape index (κ3) is 4.48. The maximum Gasteiger partial charge on any atom is 0.508 e. The van der Waals surface area contributed by atoms with Gasteiger partial charge in [-0.3, -0.25) is 0 Å². The van der Waals surface area contributed by atoms with Gasteiger partial charge in [0.2, 0.25) is 0 Å². The molecule has 1 saturated heterocycles. The molecule has 0 unspecified atom stereocenters. The lowest BCUT2D eigenvalue weighted by Gasteiger charge is -2.52. The van der Waals surface area contributed by atoms with Gasteiger partial charge in [-0.15, -0.1) is 0 Å². The van der Waals surface area contributed by atoms with Crippen LogP contribution in [-0.2, 0) is 20.9 Å². The molecule has 1 aromatic carbocycles.